The Bertz CT molecular complexity index is 421. The maximum atomic E-state index is 9.48. The Kier molecular flexibility index (Phi) is 3.37. The first-order valence-corrected chi connectivity index (χ1v) is 7.03. The summed E-state index contributed by atoms with van der Waals surface area (Å²) in [6.45, 7) is 4.74. The number of fused-ring (bicyclic) bond motifs is 1. The fourth-order valence-electron chi connectivity index (χ4n) is 3.45. The van der Waals surface area contributed by atoms with Gasteiger partial charge in [-0.2, -0.15) is 0 Å². The molecule has 1 aromatic carbocycles. The molecule has 0 unspecified atom stereocenters. The van der Waals surface area contributed by atoms with Crippen LogP contribution < -0.4 is 0 Å². The summed E-state index contributed by atoms with van der Waals surface area (Å²) in [6.07, 6.45) is 3.45. The van der Waals surface area contributed by atoms with E-state index >= 15 is 0 Å². The van der Waals surface area contributed by atoms with E-state index in [0.717, 1.165) is 25.9 Å². The zero-order valence-electron chi connectivity index (χ0n) is 11.0. The normalized spacial score (nSPS) is 29.4. The molecule has 0 saturated carbocycles. The Hall–Kier alpha value is -0.900. The van der Waals surface area contributed by atoms with E-state index in [2.05, 4.69) is 41.2 Å². The van der Waals surface area contributed by atoms with Crippen LogP contribution in [0.15, 0.2) is 24.3 Å². The molecule has 18 heavy (non-hydrogen) atoms. The number of rotatable bonds is 2. The number of benzene rings is 1. The van der Waals surface area contributed by atoms with Crippen LogP contribution in [0.25, 0.3) is 0 Å². The highest BCUT2D eigenvalue weighted by Gasteiger charge is 2.34. The minimum atomic E-state index is 0.283. The first-order valence-electron chi connectivity index (χ1n) is 7.03. The molecule has 1 N–H and O–H groups in total. The summed E-state index contributed by atoms with van der Waals surface area (Å²) in [5.41, 5.74) is 2.94. The van der Waals surface area contributed by atoms with Gasteiger partial charge in [-0.1, -0.05) is 24.3 Å². The molecule has 2 aliphatic rings. The Labute approximate surface area is 109 Å². The van der Waals surface area contributed by atoms with Crippen molar-refractivity contribution < 1.29 is 5.11 Å². The first kappa shape index (κ1) is 12.2. The van der Waals surface area contributed by atoms with E-state index in [4.69, 9.17) is 0 Å². The molecule has 0 bridgehead atoms. The molecule has 0 radical (unpaired) electrons. The van der Waals surface area contributed by atoms with Crippen molar-refractivity contribution in [1.29, 1.82) is 0 Å². The van der Waals surface area contributed by atoms with Gasteiger partial charge in [0, 0.05) is 25.2 Å². The van der Waals surface area contributed by atoms with Crippen LogP contribution in [0.3, 0.4) is 0 Å². The lowest BCUT2D eigenvalue weighted by Gasteiger charge is -2.43. The third-order valence-corrected chi connectivity index (χ3v) is 4.45. The van der Waals surface area contributed by atoms with Gasteiger partial charge in [-0.15, -0.1) is 0 Å². The van der Waals surface area contributed by atoms with Gasteiger partial charge in [0.25, 0.3) is 0 Å². The number of aliphatic hydroxyl groups is 1. The Morgan fingerprint density at radius 2 is 2.06 bits per heavy atom. The van der Waals surface area contributed by atoms with Crippen LogP contribution in [-0.2, 0) is 6.42 Å². The predicted octanol–water partition coefficient (Wildman–Crippen LogP) is 1.98. The molecule has 3 rings (SSSR count). The highest BCUT2D eigenvalue weighted by Crippen LogP contribution is 2.33. The topological polar surface area (TPSA) is 26.7 Å². The van der Waals surface area contributed by atoms with Gasteiger partial charge in [-0.25, -0.2) is 10.0 Å². The van der Waals surface area contributed by atoms with E-state index in [1.165, 1.54) is 17.5 Å². The molecule has 0 spiro atoms. The van der Waals surface area contributed by atoms with Gasteiger partial charge >= 0.3 is 0 Å². The van der Waals surface area contributed by atoms with Crippen molar-refractivity contribution >= 4 is 0 Å². The van der Waals surface area contributed by atoms with Crippen molar-refractivity contribution in [2.45, 2.75) is 38.3 Å². The molecule has 2 aliphatic heterocycles. The highest BCUT2D eigenvalue weighted by molar-refractivity contribution is 5.31. The average Bonchev–Trinajstić information content (AvgIpc) is 2.88. The summed E-state index contributed by atoms with van der Waals surface area (Å²) in [6, 6.07) is 9.52. The number of nitrogens with zero attached hydrogens (tertiary/aromatic N) is 2. The van der Waals surface area contributed by atoms with E-state index in [0.29, 0.717) is 12.1 Å². The van der Waals surface area contributed by atoms with Gasteiger partial charge in [0.05, 0.1) is 6.61 Å². The molecule has 3 nitrogen and oxygen atoms in total. The van der Waals surface area contributed by atoms with E-state index in [1.54, 1.807) is 0 Å². The summed E-state index contributed by atoms with van der Waals surface area (Å²) >= 11 is 0. The second-order valence-electron chi connectivity index (χ2n) is 5.43. The van der Waals surface area contributed by atoms with Gasteiger partial charge in [-0.3, -0.25) is 0 Å². The number of aliphatic hydroxyl groups excluding tert-OH is 1. The van der Waals surface area contributed by atoms with Crippen LogP contribution in [0.5, 0.6) is 0 Å². The van der Waals surface area contributed by atoms with Gasteiger partial charge in [0.2, 0.25) is 0 Å². The standard InChI is InChI=1S/C15H22N2O/c1-12-15-7-3-2-5-13(15)8-10-16(12)17-9-4-6-14(17)11-18/h2-3,5,7,12,14,18H,4,6,8-11H2,1H3/t12-,14-/m0/s1. The van der Waals surface area contributed by atoms with Crippen LogP contribution in [-0.4, -0.2) is 40.9 Å². The number of hydrogen-bond donors (Lipinski definition) is 1. The molecule has 1 aromatic rings. The van der Waals surface area contributed by atoms with Crippen molar-refractivity contribution in [3.63, 3.8) is 0 Å². The minimum absolute atomic E-state index is 0.283. The molecule has 98 valence electrons. The lowest BCUT2D eigenvalue weighted by Crippen LogP contribution is -2.50. The molecule has 1 fully saturated rings. The predicted molar refractivity (Wildman–Crippen MR) is 72.1 cm³/mol. The van der Waals surface area contributed by atoms with Gasteiger partial charge in [0.15, 0.2) is 0 Å². The number of hydrazine groups is 1. The largest absolute Gasteiger partial charge is 0.395 e. The smallest absolute Gasteiger partial charge is 0.0600 e. The van der Waals surface area contributed by atoms with Crippen molar-refractivity contribution in [1.82, 2.24) is 10.0 Å². The highest BCUT2D eigenvalue weighted by atomic mass is 16.3. The maximum Gasteiger partial charge on any atom is 0.0600 e. The lowest BCUT2D eigenvalue weighted by atomic mass is 9.95. The van der Waals surface area contributed by atoms with E-state index in [1.807, 2.05) is 0 Å². The third kappa shape index (κ3) is 1.96. The zero-order chi connectivity index (χ0) is 12.5. The van der Waals surface area contributed by atoms with E-state index in [-0.39, 0.29) is 6.61 Å². The molecular weight excluding hydrogens is 224 g/mol. The number of hydrogen-bond acceptors (Lipinski definition) is 3. The van der Waals surface area contributed by atoms with Crippen LogP contribution >= 0.6 is 0 Å². The second kappa shape index (κ2) is 5.00. The summed E-state index contributed by atoms with van der Waals surface area (Å²) in [5.74, 6) is 0. The van der Waals surface area contributed by atoms with Crippen molar-refractivity contribution in [3.05, 3.63) is 35.4 Å². The summed E-state index contributed by atoms with van der Waals surface area (Å²) in [5, 5.41) is 14.4. The zero-order valence-corrected chi connectivity index (χ0v) is 11.0. The van der Waals surface area contributed by atoms with Crippen LogP contribution in [0, 0.1) is 0 Å². The van der Waals surface area contributed by atoms with Gasteiger partial charge < -0.3 is 5.11 Å². The van der Waals surface area contributed by atoms with Gasteiger partial charge in [-0.05, 0) is 37.3 Å². The molecule has 2 heterocycles. The molecule has 2 atom stereocenters. The third-order valence-electron chi connectivity index (χ3n) is 4.45. The van der Waals surface area contributed by atoms with Crippen molar-refractivity contribution in [3.8, 4) is 0 Å². The lowest BCUT2D eigenvalue weighted by molar-refractivity contribution is -0.0828. The fraction of sp³-hybridized carbons (Fsp3) is 0.600. The molecule has 0 amide bonds. The summed E-state index contributed by atoms with van der Waals surface area (Å²) < 4.78 is 0. The molecule has 3 heteroatoms. The fourth-order valence-corrected chi connectivity index (χ4v) is 3.45. The van der Waals surface area contributed by atoms with Crippen molar-refractivity contribution in [2.24, 2.45) is 0 Å². The van der Waals surface area contributed by atoms with E-state index in [9.17, 15) is 5.11 Å². The minimum Gasteiger partial charge on any atom is -0.395 e. The summed E-state index contributed by atoms with van der Waals surface area (Å²) in [7, 11) is 0. The molecular formula is C15H22N2O. The maximum absolute atomic E-state index is 9.48. The Balaban J connectivity index is 1.84. The Morgan fingerprint density at radius 3 is 2.89 bits per heavy atom. The summed E-state index contributed by atoms with van der Waals surface area (Å²) in [4.78, 5) is 0. The molecule has 0 aromatic heterocycles. The Morgan fingerprint density at radius 1 is 1.22 bits per heavy atom. The van der Waals surface area contributed by atoms with Crippen LogP contribution in [0.2, 0.25) is 0 Å². The SMILES string of the molecule is C[C@H]1c2ccccc2CCN1N1CCC[C@H]1CO. The molecule has 1 saturated heterocycles. The van der Waals surface area contributed by atoms with Crippen molar-refractivity contribution in [2.75, 3.05) is 19.7 Å². The van der Waals surface area contributed by atoms with Crippen LogP contribution in [0.1, 0.15) is 36.9 Å². The second-order valence-corrected chi connectivity index (χ2v) is 5.43. The first-order chi connectivity index (χ1) is 8.81. The van der Waals surface area contributed by atoms with Gasteiger partial charge in [0.1, 0.15) is 0 Å². The van der Waals surface area contributed by atoms with E-state index < -0.39 is 0 Å². The quantitative estimate of drug-likeness (QED) is 0.864. The monoisotopic (exact) mass is 246 g/mol. The average molecular weight is 246 g/mol. The van der Waals surface area contributed by atoms with Crippen LogP contribution in [0.4, 0.5) is 0 Å². The molecule has 0 aliphatic carbocycles.